The van der Waals surface area contributed by atoms with Gasteiger partial charge in [0.1, 0.15) is 5.52 Å². The van der Waals surface area contributed by atoms with Gasteiger partial charge in [0, 0.05) is 6.54 Å². The molecule has 96 valence electrons. The number of fused-ring (bicyclic) bond motifs is 1. The van der Waals surface area contributed by atoms with Gasteiger partial charge in [-0.3, -0.25) is 0 Å². The van der Waals surface area contributed by atoms with Crippen LogP contribution in [0.5, 0.6) is 0 Å². The van der Waals surface area contributed by atoms with Gasteiger partial charge in [0.2, 0.25) is 0 Å². The van der Waals surface area contributed by atoms with Gasteiger partial charge in [-0.25, -0.2) is 0 Å². The summed E-state index contributed by atoms with van der Waals surface area (Å²) in [5.74, 6) is 0.733. The molecule has 0 saturated carbocycles. The van der Waals surface area contributed by atoms with Crippen LogP contribution in [-0.4, -0.2) is 36.6 Å². The van der Waals surface area contributed by atoms with Crippen LogP contribution in [0, 0.1) is 5.92 Å². The zero-order chi connectivity index (χ0) is 12.4. The fourth-order valence-electron chi connectivity index (χ4n) is 2.45. The molecule has 1 saturated heterocycles. The number of rotatable bonds is 3. The minimum absolute atomic E-state index is 0.648. The van der Waals surface area contributed by atoms with Crippen LogP contribution in [0.15, 0.2) is 28.7 Å². The van der Waals surface area contributed by atoms with Crippen molar-refractivity contribution in [2.75, 3.05) is 32.0 Å². The lowest BCUT2D eigenvalue weighted by molar-refractivity contribution is 0.225. The third-order valence-electron chi connectivity index (χ3n) is 3.67. The molecule has 4 heteroatoms. The zero-order valence-corrected chi connectivity index (χ0v) is 10.7. The number of hydrogen-bond donors (Lipinski definition) is 1. The summed E-state index contributed by atoms with van der Waals surface area (Å²) in [6.45, 7) is 3.35. The molecule has 1 aliphatic rings. The number of hydrogen-bond acceptors (Lipinski definition) is 4. The first-order chi connectivity index (χ1) is 8.81. The summed E-state index contributed by atoms with van der Waals surface area (Å²) >= 11 is 0. The van der Waals surface area contributed by atoms with E-state index in [1.54, 1.807) is 0 Å². The van der Waals surface area contributed by atoms with Crippen molar-refractivity contribution in [1.29, 1.82) is 0 Å². The van der Waals surface area contributed by atoms with Gasteiger partial charge in [0.25, 0.3) is 6.01 Å². The third kappa shape index (κ3) is 2.48. The largest absolute Gasteiger partial charge is 0.424 e. The van der Waals surface area contributed by atoms with Crippen molar-refractivity contribution < 1.29 is 4.42 Å². The van der Waals surface area contributed by atoms with Crippen LogP contribution in [0.1, 0.15) is 12.8 Å². The van der Waals surface area contributed by atoms with Gasteiger partial charge >= 0.3 is 0 Å². The number of oxazole rings is 1. The third-order valence-corrected chi connectivity index (χ3v) is 3.67. The molecular formula is C14H19N3O. The molecule has 0 amide bonds. The number of likely N-dealkylation sites (tertiary alicyclic amines) is 1. The highest BCUT2D eigenvalue weighted by molar-refractivity contribution is 5.74. The summed E-state index contributed by atoms with van der Waals surface area (Å²) in [6.07, 6.45) is 2.51. The van der Waals surface area contributed by atoms with E-state index in [0.29, 0.717) is 6.01 Å². The average Bonchev–Trinajstić information content (AvgIpc) is 2.81. The number of nitrogens with zero attached hydrogens (tertiary/aromatic N) is 2. The highest BCUT2D eigenvalue weighted by Crippen LogP contribution is 2.20. The van der Waals surface area contributed by atoms with E-state index in [1.165, 1.54) is 25.9 Å². The van der Waals surface area contributed by atoms with Crippen molar-refractivity contribution in [3.63, 3.8) is 0 Å². The lowest BCUT2D eigenvalue weighted by Gasteiger charge is -2.28. The first-order valence-electron chi connectivity index (χ1n) is 6.59. The Kier molecular flexibility index (Phi) is 3.19. The molecule has 1 aromatic carbocycles. The van der Waals surface area contributed by atoms with Gasteiger partial charge in [-0.15, -0.1) is 0 Å². The monoisotopic (exact) mass is 245 g/mol. The quantitative estimate of drug-likeness (QED) is 0.902. The predicted octanol–water partition coefficient (Wildman–Crippen LogP) is 2.58. The molecule has 0 aliphatic carbocycles. The van der Waals surface area contributed by atoms with E-state index in [4.69, 9.17) is 4.42 Å². The molecule has 2 aromatic rings. The van der Waals surface area contributed by atoms with Crippen LogP contribution >= 0.6 is 0 Å². The van der Waals surface area contributed by atoms with Crippen LogP contribution < -0.4 is 5.32 Å². The summed E-state index contributed by atoms with van der Waals surface area (Å²) in [5.41, 5.74) is 1.77. The first kappa shape index (κ1) is 11.5. The van der Waals surface area contributed by atoms with Gasteiger partial charge in [-0.1, -0.05) is 12.1 Å². The van der Waals surface area contributed by atoms with E-state index in [1.807, 2.05) is 24.3 Å². The highest BCUT2D eigenvalue weighted by atomic mass is 16.4. The number of aromatic nitrogens is 1. The summed E-state index contributed by atoms with van der Waals surface area (Å²) in [5, 5.41) is 3.32. The Morgan fingerprint density at radius 1 is 1.33 bits per heavy atom. The van der Waals surface area contributed by atoms with Gasteiger partial charge in [0.15, 0.2) is 5.58 Å². The fraction of sp³-hybridized carbons (Fsp3) is 0.500. The lowest BCUT2D eigenvalue weighted by Crippen LogP contribution is -2.32. The van der Waals surface area contributed by atoms with E-state index in [0.717, 1.165) is 23.6 Å². The van der Waals surface area contributed by atoms with Crippen molar-refractivity contribution >= 4 is 17.1 Å². The van der Waals surface area contributed by atoms with E-state index in [9.17, 15) is 0 Å². The normalized spacial score (nSPS) is 18.3. The average molecular weight is 245 g/mol. The number of para-hydroxylation sites is 2. The molecule has 0 unspecified atom stereocenters. The Morgan fingerprint density at radius 3 is 2.89 bits per heavy atom. The second kappa shape index (κ2) is 4.98. The molecule has 0 radical (unpaired) electrons. The van der Waals surface area contributed by atoms with Crippen LogP contribution in [0.25, 0.3) is 11.1 Å². The molecule has 1 N–H and O–H groups in total. The molecule has 2 heterocycles. The number of anilines is 1. The Bertz CT molecular complexity index is 481. The van der Waals surface area contributed by atoms with Crippen molar-refractivity contribution in [3.8, 4) is 0 Å². The topological polar surface area (TPSA) is 41.3 Å². The number of nitrogens with one attached hydrogen (secondary N) is 1. The maximum Gasteiger partial charge on any atom is 0.295 e. The maximum absolute atomic E-state index is 5.65. The number of benzene rings is 1. The summed E-state index contributed by atoms with van der Waals surface area (Å²) in [4.78, 5) is 6.81. The summed E-state index contributed by atoms with van der Waals surface area (Å²) in [7, 11) is 2.18. The van der Waals surface area contributed by atoms with E-state index < -0.39 is 0 Å². The predicted molar refractivity (Wildman–Crippen MR) is 72.7 cm³/mol. The molecule has 0 atom stereocenters. The minimum Gasteiger partial charge on any atom is -0.424 e. The first-order valence-corrected chi connectivity index (χ1v) is 6.59. The van der Waals surface area contributed by atoms with E-state index >= 15 is 0 Å². The van der Waals surface area contributed by atoms with Crippen molar-refractivity contribution in [3.05, 3.63) is 24.3 Å². The van der Waals surface area contributed by atoms with Crippen molar-refractivity contribution in [1.82, 2.24) is 9.88 Å². The van der Waals surface area contributed by atoms with E-state index in [-0.39, 0.29) is 0 Å². The molecule has 1 aromatic heterocycles. The van der Waals surface area contributed by atoms with Gasteiger partial charge < -0.3 is 14.6 Å². The summed E-state index contributed by atoms with van der Waals surface area (Å²) in [6, 6.07) is 8.51. The second-order valence-corrected chi connectivity index (χ2v) is 5.11. The molecule has 0 spiro atoms. The maximum atomic E-state index is 5.65. The second-order valence-electron chi connectivity index (χ2n) is 5.11. The molecule has 4 nitrogen and oxygen atoms in total. The van der Waals surface area contributed by atoms with Crippen molar-refractivity contribution in [2.45, 2.75) is 12.8 Å². The lowest BCUT2D eigenvalue weighted by atomic mass is 9.97. The smallest absolute Gasteiger partial charge is 0.295 e. The van der Waals surface area contributed by atoms with Gasteiger partial charge in [0.05, 0.1) is 0 Å². The van der Waals surface area contributed by atoms with Crippen LogP contribution in [0.2, 0.25) is 0 Å². The molecule has 18 heavy (non-hydrogen) atoms. The Hall–Kier alpha value is -1.55. The summed E-state index contributed by atoms with van der Waals surface area (Å²) < 4.78 is 5.65. The molecule has 0 bridgehead atoms. The van der Waals surface area contributed by atoms with Gasteiger partial charge in [-0.05, 0) is 51.0 Å². The minimum atomic E-state index is 0.648. The molecular weight excluding hydrogens is 226 g/mol. The van der Waals surface area contributed by atoms with E-state index in [2.05, 4.69) is 22.2 Å². The molecule has 1 fully saturated rings. The van der Waals surface area contributed by atoms with Crippen LogP contribution in [-0.2, 0) is 0 Å². The highest BCUT2D eigenvalue weighted by Gasteiger charge is 2.17. The SMILES string of the molecule is CN1CCC(CNc2nc3ccccc3o2)CC1. The molecule has 3 rings (SSSR count). The Balaban J connectivity index is 1.59. The van der Waals surface area contributed by atoms with Crippen LogP contribution in [0.3, 0.4) is 0 Å². The van der Waals surface area contributed by atoms with Gasteiger partial charge in [-0.2, -0.15) is 4.98 Å². The van der Waals surface area contributed by atoms with Crippen molar-refractivity contribution in [2.24, 2.45) is 5.92 Å². The van der Waals surface area contributed by atoms with Crippen LogP contribution in [0.4, 0.5) is 6.01 Å². The molecule has 1 aliphatic heterocycles. The Morgan fingerprint density at radius 2 is 2.11 bits per heavy atom. The zero-order valence-electron chi connectivity index (χ0n) is 10.7. The standard InChI is InChI=1S/C14H19N3O/c1-17-8-6-11(7-9-17)10-15-14-16-12-4-2-3-5-13(12)18-14/h2-5,11H,6-10H2,1H3,(H,15,16). The number of piperidine rings is 1. The Labute approximate surface area is 107 Å². The fourth-order valence-corrected chi connectivity index (χ4v) is 2.45.